The highest BCUT2D eigenvalue weighted by atomic mass is 32.2. The van der Waals surface area contributed by atoms with Crippen LogP contribution >= 0.6 is 0 Å². The fourth-order valence-electron chi connectivity index (χ4n) is 2.18. The third kappa shape index (κ3) is 5.01. The zero-order valence-electron chi connectivity index (χ0n) is 10.8. The molecule has 6 nitrogen and oxygen atoms in total. The molecule has 1 unspecified atom stereocenters. The van der Waals surface area contributed by atoms with Crippen molar-refractivity contribution < 1.29 is 23.0 Å². The first-order valence-corrected chi connectivity index (χ1v) is 7.25. The average molecular weight is 279 g/mol. The second kappa shape index (κ2) is 7.83. The molecule has 0 bridgehead atoms. The molecule has 0 aromatic heterocycles. The van der Waals surface area contributed by atoms with E-state index in [1.807, 2.05) is 0 Å². The Bertz CT molecular complexity index is 291. The van der Waals surface area contributed by atoms with Crippen molar-refractivity contribution in [3.8, 4) is 0 Å². The maximum atomic E-state index is 11.6. The first kappa shape index (κ1) is 15.6. The third-order valence-electron chi connectivity index (χ3n) is 3.26. The topological polar surface area (TPSA) is 76.1 Å². The molecule has 1 atom stereocenters. The van der Waals surface area contributed by atoms with Gasteiger partial charge in [-0.1, -0.05) is 0 Å². The lowest BCUT2D eigenvalue weighted by Gasteiger charge is -2.34. The van der Waals surface area contributed by atoms with Gasteiger partial charge < -0.3 is 18.9 Å². The van der Waals surface area contributed by atoms with Gasteiger partial charge in [-0.05, 0) is 25.7 Å². The Kier molecular flexibility index (Phi) is 6.77. The van der Waals surface area contributed by atoms with Crippen LogP contribution < -0.4 is 0 Å². The monoisotopic (exact) mass is 279 g/mol. The van der Waals surface area contributed by atoms with Gasteiger partial charge >= 0.3 is 0 Å². The van der Waals surface area contributed by atoms with E-state index in [9.17, 15) is 9.00 Å². The molecule has 18 heavy (non-hydrogen) atoms. The number of ether oxygens (including phenoxy) is 2. The van der Waals surface area contributed by atoms with Gasteiger partial charge in [0.1, 0.15) is 12.5 Å². The second-order valence-electron chi connectivity index (χ2n) is 4.47. The summed E-state index contributed by atoms with van der Waals surface area (Å²) in [7, 11) is 3.29. The number of hydrogen-bond donors (Lipinski definition) is 1. The van der Waals surface area contributed by atoms with Crippen molar-refractivity contribution in [1.29, 1.82) is 0 Å². The lowest BCUT2D eigenvalue weighted by Crippen LogP contribution is -2.42. The Morgan fingerprint density at radius 3 is 2.50 bits per heavy atom. The number of likely N-dealkylation sites (N-methyl/N-ethyl adjacent to an activating group) is 1. The maximum absolute atomic E-state index is 11.6. The van der Waals surface area contributed by atoms with Crippen LogP contribution in [0, 0.1) is 0 Å². The number of carbonyl (C=O) groups is 1. The molecule has 1 amide bonds. The van der Waals surface area contributed by atoms with Gasteiger partial charge in [0.05, 0.1) is 6.10 Å². The lowest BCUT2D eigenvalue weighted by molar-refractivity contribution is -0.137. The summed E-state index contributed by atoms with van der Waals surface area (Å²) in [6, 6.07) is 0.215. The number of rotatable bonds is 6. The van der Waals surface area contributed by atoms with E-state index in [1.165, 1.54) is 7.11 Å². The zero-order chi connectivity index (χ0) is 13.5. The molecule has 1 N–H and O–H groups in total. The van der Waals surface area contributed by atoms with Crippen molar-refractivity contribution in [2.75, 3.05) is 26.7 Å². The van der Waals surface area contributed by atoms with Crippen molar-refractivity contribution in [1.82, 2.24) is 4.90 Å². The lowest BCUT2D eigenvalue weighted by atomic mass is 9.92. The molecule has 0 aromatic carbocycles. The molecule has 0 heterocycles. The molecule has 1 fully saturated rings. The molecular weight excluding hydrogens is 258 g/mol. The van der Waals surface area contributed by atoms with Crippen molar-refractivity contribution in [3.63, 3.8) is 0 Å². The Balaban J connectivity index is 2.30. The van der Waals surface area contributed by atoms with Gasteiger partial charge in [-0.3, -0.25) is 4.79 Å². The first-order valence-electron chi connectivity index (χ1n) is 5.98. The number of amides is 1. The van der Waals surface area contributed by atoms with E-state index in [2.05, 4.69) is 0 Å². The molecule has 0 spiro atoms. The van der Waals surface area contributed by atoms with Crippen LogP contribution in [0.5, 0.6) is 0 Å². The molecule has 7 heteroatoms. The van der Waals surface area contributed by atoms with E-state index in [0.29, 0.717) is 0 Å². The Morgan fingerprint density at radius 1 is 1.39 bits per heavy atom. The van der Waals surface area contributed by atoms with Gasteiger partial charge in [0.2, 0.25) is 5.91 Å². The summed E-state index contributed by atoms with van der Waals surface area (Å²) in [5, 5.41) is 0. The number of carbonyl (C=O) groups excluding carboxylic acids is 1. The molecule has 1 saturated carbocycles. The van der Waals surface area contributed by atoms with E-state index in [-0.39, 0.29) is 30.6 Å². The summed E-state index contributed by atoms with van der Waals surface area (Å²) in [6.07, 6.45) is 3.37. The smallest absolute Gasteiger partial charge is 0.248 e. The highest BCUT2D eigenvalue weighted by molar-refractivity contribution is 7.79. The van der Waals surface area contributed by atoms with Crippen LogP contribution in [0.3, 0.4) is 0 Å². The Hall–Kier alpha value is -0.500. The van der Waals surface area contributed by atoms with E-state index in [4.69, 9.17) is 14.0 Å². The van der Waals surface area contributed by atoms with Crippen LogP contribution in [0.1, 0.15) is 25.7 Å². The van der Waals surface area contributed by atoms with Gasteiger partial charge in [0, 0.05) is 20.2 Å². The Labute approximate surface area is 110 Å². The highest BCUT2D eigenvalue weighted by Crippen LogP contribution is 2.24. The minimum atomic E-state index is -1.90. The molecule has 0 saturated heterocycles. The van der Waals surface area contributed by atoms with Crippen LogP contribution in [0.4, 0.5) is 0 Å². The van der Waals surface area contributed by atoms with Crippen LogP contribution in [0.25, 0.3) is 0 Å². The van der Waals surface area contributed by atoms with Crippen molar-refractivity contribution in [2.24, 2.45) is 0 Å². The molecule has 0 radical (unpaired) electrons. The first-order chi connectivity index (χ1) is 8.54. The van der Waals surface area contributed by atoms with Crippen molar-refractivity contribution in [3.05, 3.63) is 0 Å². The fourth-order valence-corrected chi connectivity index (χ4v) is 2.49. The SMILES string of the molecule is COCC(=O)N(C)C1CCC(OCS(=O)O)CC1. The van der Waals surface area contributed by atoms with Crippen LogP contribution in [-0.4, -0.2) is 58.4 Å². The number of nitrogens with zero attached hydrogens (tertiary/aromatic N) is 1. The normalized spacial score (nSPS) is 25.7. The van der Waals surface area contributed by atoms with Gasteiger partial charge in [-0.15, -0.1) is 0 Å². The number of hydrogen-bond acceptors (Lipinski definition) is 4. The van der Waals surface area contributed by atoms with Gasteiger partial charge in [0.25, 0.3) is 0 Å². The number of methoxy groups -OCH3 is 1. The molecule has 0 aliphatic heterocycles. The largest absolute Gasteiger partial charge is 0.375 e. The summed E-state index contributed by atoms with van der Waals surface area (Å²) in [6.45, 7) is 0.108. The fraction of sp³-hybridized carbons (Fsp3) is 0.909. The molecular formula is C11H21NO5S. The van der Waals surface area contributed by atoms with E-state index < -0.39 is 11.1 Å². The summed E-state index contributed by atoms with van der Waals surface area (Å²) < 4.78 is 29.3. The van der Waals surface area contributed by atoms with Crippen LogP contribution in [-0.2, 0) is 25.3 Å². The van der Waals surface area contributed by atoms with E-state index in [0.717, 1.165) is 25.7 Å². The maximum Gasteiger partial charge on any atom is 0.248 e. The second-order valence-corrected chi connectivity index (χ2v) is 5.35. The summed E-state index contributed by atoms with van der Waals surface area (Å²) >= 11 is -1.90. The van der Waals surface area contributed by atoms with Crippen LogP contribution in [0.2, 0.25) is 0 Å². The van der Waals surface area contributed by atoms with Gasteiger partial charge in [-0.25, -0.2) is 4.21 Å². The third-order valence-corrected chi connectivity index (χ3v) is 3.59. The van der Waals surface area contributed by atoms with Crippen LogP contribution in [0.15, 0.2) is 0 Å². The molecule has 0 aromatic rings. The summed E-state index contributed by atoms with van der Waals surface area (Å²) in [4.78, 5) is 13.4. The average Bonchev–Trinajstić information content (AvgIpc) is 2.36. The van der Waals surface area contributed by atoms with E-state index >= 15 is 0 Å². The highest BCUT2D eigenvalue weighted by Gasteiger charge is 2.26. The minimum absolute atomic E-state index is 0.0154. The predicted molar refractivity (Wildman–Crippen MR) is 67.4 cm³/mol. The van der Waals surface area contributed by atoms with Gasteiger partial charge in [0.15, 0.2) is 11.1 Å². The molecule has 1 rings (SSSR count). The van der Waals surface area contributed by atoms with Crippen molar-refractivity contribution >= 4 is 17.0 Å². The molecule has 1 aliphatic carbocycles. The molecule has 1 aliphatic rings. The minimum Gasteiger partial charge on any atom is -0.375 e. The molecule has 106 valence electrons. The van der Waals surface area contributed by atoms with E-state index in [1.54, 1.807) is 11.9 Å². The quantitative estimate of drug-likeness (QED) is 0.720. The standard InChI is InChI=1S/C11H21NO5S/c1-12(11(13)7-16-2)9-3-5-10(6-4-9)17-8-18(14)15/h9-10H,3-8H2,1-2H3,(H,14,15). The van der Waals surface area contributed by atoms with Gasteiger partial charge in [-0.2, -0.15) is 0 Å². The summed E-state index contributed by atoms with van der Waals surface area (Å²) in [5.41, 5.74) is 0. The summed E-state index contributed by atoms with van der Waals surface area (Å²) in [5.74, 6) is -0.147. The predicted octanol–water partition coefficient (Wildman–Crippen LogP) is 0.598. The van der Waals surface area contributed by atoms with Crippen molar-refractivity contribution in [2.45, 2.75) is 37.8 Å². The zero-order valence-corrected chi connectivity index (χ0v) is 11.6. The Morgan fingerprint density at radius 2 is 2.00 bits per heavy atom.